The van der Waals surface area contributed by atoms with Crippen LogP contribution in [0.25, 0.3) is 0 Å². The first-order valence-electron chi connectivity index (χ1n) is 3.32. The Morgan fingerprint density at radius 1 is 1.56 bits per heavy atom. The number of hydrogen-bond donors (Lipinski definition) is 0. The maximum Gasteiger partial charge on any atom is 0.0513 e. The lowest BCUT2D eigenvalue weighted by Crippen LogP contribution is -2.14. The predicted molar refractivity (Wildman–Crippen MR) is 39.9 cm³/mol. The molecule has 1 rings (SSSR count). The lowest BCUT2D eigenvalue weighted by Gasteiger charge is -2.06. The van der Waals surface area contributed by atoms with E-state index >= 15 is 0 Å². The molecule has 50 valence electrons. The highest BCUT2D eigenvalue weighted by Gasteiger charge is 2.15. The van der Waals surface area contributed by atoms with E-state index in [0.29, 0.717) is 11.8 Å². The molecule has 1 aliphatic rings. The summed E-state index contributed by atoms with van der Waals surface area (Å²) in [4.78, 5) is 0. The number of rotatable bonds is 1. The second-order valence-corrected chi connectivity index (χ2v) is 2.73. The molecule has 0 saturated heterocycles. The minimum absolute atomic E-state index is 0.463. The Morgan fingerprint density at radius 3 is 2.44 bits per heavy atom. The highest BCUT2D eigenvalue weighted by atomic mass is 15.2. The van der Waals surface area contributed by atoms with Gasteiger partial charge in [-0.2, -0.15) is 10.2 Å². The van der Waals surface area contributed by atoms with Crippen LogP contribution in [0, 0.1) is 11.8 Å². The third-order valence-corrected chi connectivity index (χ3v) is 1.52. The van der Waals surface area contributed by atoms with Crippen molar-refractivity contribution in [3.05, 3.63) is 0 Å². The van der Waals surface area contributed by atoms with Crippen LogP contribution in [0.4, 0.5) is 0 Å². The molecule has 1 atom stereocenters. The summed E-state index contributed by atoms with van der Waals surface area (Å²) in [6.45, 7) is 6.41. The lowest BCUT2D eigenvalue weighted by atomic mass is 9.98. The van der Waals surface area contributed by atoms with Gasteiger partial charge in [-0.25, -0.2) is 0 Å². The third kappa shape index (κ3) is 1.18. The summed E-state index contributed by atoms with van der Waals surface area (Å²) >= 11 is 0. The molecule has 1 heterocycles. The van der Waals surface area contributed by atoms with Crippen LogP contribution in [-0.2, 0) is 0 Å². The van der Waals surface area contributed by atoms with E-state index < -0.39 is 0 Å². The molecule has 0 radical (unpaired) electrons. The van der Waals surface area contributed by atoms with E-state index in [9.17, 15) is 0 Å². The molecule has 1 unspecified atom stereocenters. The highest BCUT2D eigenvalue weighted by Crippen LogP contribution is 2.11. The Morgan fingerprint density at radius 2 is 2.22 bits per heavy atom. The summed E-state index contributed by atoms with van der Waals surface area (Å²) in [5.41, 5.74) is 1.20. The van der Waals surface area contributed by atoms with Crippen LogP contribution in [0.3, 0.4) is 0 Å². The molecule has 0 aromatic carbocycles. The topological polar surface area (TPSA) is 24.7 Å². The van der Waals surface area contributed by atoms with Gasteiger partial charge in [0.2, 0.25) is 0 Å². The minimum atomic E-state index is 0.463. The van der Waals surface area contributed by atoms with Crippen molar-refractivity contribution >= 4 is 11.9 Å². The highest BCUT2D eigenvalue weighted by molar-refractivity contribution is 6.01. The average molecular weight is 124 g/mol. The molecule has 0 fully saturated rings. The van der Waals surface area contributed by atoms with E-state index in [4.69, 9.17) is 0 Å². The molecule has 2 nitrogen and oxygen atoms in total. The molecule has 0 N–H and O–H groups in total. The maximum absolute atomic E-state index is 4.00. The van der Waals surface area contributed by atoms with Gasteiger partial charge in [-0.15, -0.1) is 0 Å². The standard InChI is InChI=1S/C7H12N2/c1-5(2)7-6(3)4-8-9-7/h4-6H,1-3H3. The van der Waals surface area contributed by atoms with Gasteiger partial charge < -0.3 is 0 Å². The summed E-state index contributed by atoms with van der Waals surface area (Å²) in [6.07, 6.45) is 1.88. The Labute approximate surface area is 55.7 Å². The van der Waals surface area contributed by atoms with Crippen LogP contribution < -0.4 is 0 Å². The predicted octanol–water partition coefficient (Wildman–Crippen LogP) is 1.72. The summed E-state index contributed by atoms with van der Waals surface area (Å²) in [5.74, 6) is 1.01. The van der Waals surface area contributed by atoms with Gasteiger partial charge in [-0.3, -0.25) is 0 Å². The molecule has 0 aliphatic carbocycles. The largest absolute Gasteiger partial charge is 0.163 e. The van der Waals surface area contributed by atoms with Gasteiger partial charge in [0, 0.05) is 12.1 Å². The fourth-order valence-corrected chi connectivity index (χ4v) is 1.01. The quantitative estimate of drug-likeness (QED) is 0.508. The molecule has 0 spiro atoms. The second kappa shape index (κ2) is 2.29. The third-order valence-electron chi connectivity index (χ3n) is 1.52. The van der Waals surface area contributed by atoms with Gasteiger partial charge in [0.1, 0.15) is 0 Å². The molecule has 0 amide bonds. The van der Waals surface area contributed by atoms with E-state index in [1.807, 2.05) is 6.21 Å². The molecule has 2 heteroatoms. The Bertz CT molecular complexity index is 156. The summed E-state index contributed by atoms with van der Waals surface area (Å²) < 4.78 is 0. The van der Waals surface area contributed by atoms with E-state index in [1.54, 1.807) is 0 Å². The Kier molecular flexibility index (Phi) is 1.65. The average Bonchev–Trinajstić information content (AvgIpc) is 2.13. The number of nitrogens with zero attached hydrogens (tertiary/aromatic N) is 2. The van der Waals surface area contributed by atoms with Crippen molar-refractivity contribution in [2.75, 3.05) is 0 Å². The van der Waals surface area contributed by atoms with Gasteiger partial charge >= 0.3 is 0 Å². The first kappa shape index (κ1) is 6.46. The van der Waals surface area contributed by atoms with Gasteiger partial charge in [0.25, 0.3) is 0 Å². The van der Waals surface area contributed by atoms with Crippen molar-refractivity contribution in [3.8, 4) is 0 Å². The molecule has 0 saturated carbocycles. The summed E-state index contributed by atoms with van der Waals surface area (Å²) in [6, 6.07) is 0. The molecule has 0 aromatic heterocycles. The smallest absolute Gasteiger partial charge is 0.0513 e. The van der Waals surface area contributed by atoms with Crippen molar-refractivity contribution in [1.29, 1.82) is 0 Å². The zero-order valence-corrected chi connectivity index (χ0v) is 6.13. The molecule has 0 aromatic rings. The molecule has 1 aliphatic heterocycles. The molecule has 0 bridgehead atoms. The lowest BCUT2D eigenvalue weighted by molar-refractivity contribution is 0.834. The normalized spacial score (nSPS) is 25.3. The van der Waals surface area contributed by atoms with Crippen LogP contribution >= 0.6 is 0 Å². The van der Waals surface area contributed by atoms with Crippen LogP contribution in [0.5, 0.6) is 0 Å². The monoisotopic (exact) mass is 124 g/mol. The van der Waals surface area contributed by atoms with E-state index in [0.717, 1.165) is 0 Å². The maximum atomic E-state index is 4.00. The second-order valence-electron chi connectivity index (χ2n) is 2.73. The zero-order valence-electron chi connectivity index (χ0n) is 6.13. The minimum Gasteiger partial charge on any atom is -0.163 e. The Hall–Kier alpha value is -0.660. The molecule has 9 heavy (non-hydrogen) atoms. The van der Waals surface area contributed by atoms with Gasteiger partial charge in [0.05, 0.1) is 5.71 Å². The van der Waals surface area contributed by atoms with Crippen LogP contribution in [0.2, 0.25) is 0 Å². The van der Waals surface area contributed by atoms with Gasteiger partial charge in [-0.05, 0) is 5.92 Å². The number of hydrogen-bond acceptors (Lipinski definition) is 2. The SMILES string of the molecule is CC(C)C1=NN=CC1C. The van der Waals surface area contributed by atoms with E-state index in [-0.39, 0.29) is 0 Å². The van der Waals surface area contributed by atoms with Gasteiger partial charge in [-0.1, -0.05) is 20.8 Å². The van der Waals surface area contributed by atoms with Crippen molar-refractivity contribution in [2.45, 2.75) is 20.8 Å². The fourth-order valence-electron chi connectivity index (χ4n) is 1.01. The van der Waals surface area contributed by atoms with E-state index in [1.165, 1.54) is 5.71 Å². The molecular weight excluding hydrogens is 112 g/mol. The fraction of sp³-hybridized carbons (Fsp3) is 0.714. The van der Waals surface area contributed by atoms with Crippen molar-refractivity contribution < 1.29 is 0 Å². The molecular formula is C7H12N2. The van der Waals surface area contributed by atoms with Crippen LogP contribution in [-0.4, -0.2) is 11.9 Å². The van der Waals surface area contributed by atoms with Crippen molar-refractivity contribution in [3.63, 3.8) is 0 Å². The Balaban J connectivity index is 2.64. The van der Waals surface area contributed by atoms with E-state index in [2.05, 4.69) is 31.0 Å². The summed E-state index contributed by atoms with van der Waals surface area (Å²) in [7, 11) is 0. The first-order valence-corrected chi connectivity index (χ1v) is 3.32. The van der Waals surface area contributed by atoms with Crippen LogP contribution in [0.1, 0.15) is 20.8 Å². The van der Waals surface area contributed by atoms with Crippen molar-refractivity contribution in [2.24, 2.45) is 22.0 Å². The van der Waals surface area contributed by atoms with Crippen LogP contribution in [0.15, 0.2) is 10.2 Å². The van der Waals surface area contributed by atoms with Gasteiger partial charge in [0.15, 0.2) is 0 Å². The summed E-state index contributed by atoms with van der Waals surface area (Å²) in [5, 5.41) is 7.83. The first-order chi connectivity index (χ1) is 4.22. The zero-order chi connectivity index (χ0) is 6.85. The van der Waals surface area contributed by atoms with Crippen molar-refractivity contribution in [1.82, 2.24) is 0 Å².